The second-order valence-electron chi connectivity index (χ2n) is 11.0. The Bertz CT molecular complexity index is 1700. The van der Waals surface area contributed by atoms with Crippen LogP contribution in [0.1, 0.15) is 55.3 Å². The minimum absolute atomic E-state index is 0.109. The Morgan fingerprint density at radius 2 is 1.90 bits per heavy atom. The Balaban J connectivity index is 1.41. The Morgan fingerprint density at radius 3 is 2.62 bits per heavy atom. The zero-order valence-corrected chi connectivity index (χ0v) is 22.9. The summed E-state index contributed by atoms with van der Waals surface area (Å²) in [5, 5.41) is 8.86. The van der Waals surface area contributed by atoms with Crippen molar-refractivity contribution in [3.63, 3.8) is 0 Å². The molecule has 39 heavy (non-hydrogen) atoms. The van der Waals surface area contributed by atoms with Gasteiger partial charge in [-0.2, -0.15) is 5.10 Å². The van der Waals surface area contributed by atoms with Gasteiger partial charge in [-0.3, -0.25) is 9.19 Å². The summed E-state index contributed by atoms with van der Waals surface area (Å²) >= 11 is 0. The molecule has 0 amide bonds. The molecule has 4 aromatic rings. The molecule has 1 fully saturated rings. The predicted molar refractivity (Wildman–Crippen MR) is 144 cm³/mol. The van der Waals surface area contributed by atoms with Crippen LogP contribution in [0.25, 0.3) is 22.8 Å². The SMILES string of the molecule is C=S(C)(=O)N(C)Cc1coc(-c2cncc([C@@]34CC[C@@H](c5cc(-c6c(F)cccc6F)nnc53)C4(C)C)n2)n1. The molecule has 2 bridgehead atoms. The van der Waals surface area contributed by atoms with Crippen molar-refractivity contribution < 1.29 is 17.4 Å². The van der Waals surface area contributed by atoms with Crippen LogP contribution in [-0.2, 0) is 21.7 Å². The van der Waals surface area contributed by atoms with Gasteiger partial charge in [-0.15, -0.1) is 5.10 Å². The number of fused-ring (bicyclic) bond motifs is 5. The molecule has 1 unspecified atom stereocenters. The molecule has 3 atom stereocenters. The molecule has 1 aromatic carbocycles. The number of oxazole rings is 1. The fraction of sp³-hybridized carbons (Fsp3) is 0.357. The van der Waals surface area contributed by atoms with Crippen LogP contribution in [-0.4, -0.2) is 52.8 Å². The summed E-state index contributed by atoms with van der Waals surface area (Å²) in [4.78, 5) is 14.0. The average Bonchev–Trinajstić information content (AvgIpc) is 3.51. The molecule has 3 aromatic heterocycles. The number of hydrogen-bond donors (Lipinski definition) is 0. The summed E-state index contributed by atoms with van der Waals surface area (Å²) in [6.45, 7) is 4.65. The predicted octanol–water partition coefficient (Wildman–Crippen LogP) is 4.76. The Kier molecular flexibility index (Phi) is 5.74. The minimum Gasteiger partial charge on any atom is -0.443 e. The molecule has 0 spiro atoms. The molecule has 2 aliphatic rings. The lowest BCUT2D eigenvalue weighted by Gasteiger charge is -2.37. The van der Waals surface area contributed by atoms with Crippen LogP contribution in [0, 0.1) is 17.0 Å². The van der Waals surface area contributed by atoms with Crippen molar-refractivity contribution in [3.05, 3.63) is 77.2 Å². The minimum atomic E-state index is -2.38. The summed E-state index contributed by atoms with van der Waals surface area (Å²) < 4.78 is 48.6. The molecule has 6 rings (SSSR count). The maximum atomic E-state index is 14.5. The third-order valence-electron chi connectivity index (χ3n) is 8.49. The van der Waals surface area contributed by atoms with Crippen molar-refractivity contribution in [2.45, 2.75) is 44.6 Å². The summed E-state index contributed by atoms with van der Waals surface area (Å²) in [6, 6.07) is 5.55. The lowest BCUT2D eigenvalue weighted by Crippen LogP contribution is -2.38. The molecular formula is C28H28F2N6O2S. The van der Waals surface area contributed by atoms with E-state index >= 15 is 0 Å². The molecule has 8 nitrogen and oxygen atoms in total. The monoisotopic (exact) mass is 550 g/mol. The zero-order chi connectivity index (χ0) is 27.7. The van der Waals surface area contributed by atoms with Crippen LogP contribution in [0.2, 0.25) is 0 Å². The maximum absolute atomic E-state index is 14.5. The second kappa shape index (κ2) is 8.72. The molecule has 202 valence electrons. The van der Waals surface area contributed by atoms with Crippen molar-refractivity contribution >= 4 is 15.6 Å². The number of benzene rings is 1. The van der Waals surface area contributed by atoms with Gasteiger partial charge < -0.3 is 4.42 Å². The molecule has 0 aliphatic heterocycles. The highest BCUT2D eigenvalue weighted by Gasteiger charge is 2.65. The fourth-order valence-corrected chi connectivity index (χ4v) is 6.70. The molecule has 3 heterocycles. The number of nitrogens with zero attached hydrogens (tertiary/aromatic N) is 6. The topological polar surface area (TPSA) is 97.9 Å². The van der Waals surface area contributed by atoms with Crippen LogP contribution in [0.4, 0.5) is 8.78 Å². The van der Waals surface area contributed by atoms with Crippen molar-refractivity contribution in [2.24, 2.45) is 5.41 Å². The number of rotatable bonds is 6. The molecule has 0 N–H and O–H groups in total. The fourth-order valence-electron chi connectivity index (χ4n) is 6.29. The van der Waals surface area contributed by atoms with Gasteiger partial charge in [0.1, 0.15) is 23.6 Å². The van der Waals surface area contributed by atoms with E-state index in [4.69, 9.17) is 9.40 Å². The summed E-state index contributed by atoms with van der Waals surface area (Å²) in [5.41, 5.74) is 2.59. The van der Waals surface area contributed by atoms with Gasteiger partial charge in [0.05, 0.1) is 46.5 Å². The van der Waals surface area contributed by atoms with E-state index in [-0.39, 0.29) is 22.6 Å². The highest BCUT2D eigenvalue weighted by atomic mass is 32.2. The van der Waals surface area contributed by atoms with E-state index in [0.29, 0.717) is 23.8 Å². The Labute approximate surface area is 225 Å². The third kappa shape index (κ3) is 3.81. The van der Waals surface area contributed by atoms with E-state index in [0.717, 1.165) is 29.8 Å². The molecule has 0 saturated heterocycles. The first-order valence-corrected chi connectivity index (χ1v) is 14.7. The molecule has 1 saturated carbocycles. The van der Waals surface area contributed by atoms with Crippen LogP contribution < -0.4 is 0 Å². The van der Waals surface area contributed by atoms with E-state index in [1.54, 1.807) is 36.1 Å². The van der Waals surface area contributed by atoms with Gasteiger partial charge in [-0.25, -0.2) is 23.1 Å². The standard InChI is InChI=1S/C28H28F2N6O2S/c1-27(2)18-9-10-28(27,25-17(18)11-21(34-35-25)24-19(29)7-6-8-20(24)30)23-13-31-12-22(33-23)26-32-16(15-38-26)14-36(3)39(4,5)37/h6-8,11-13,15,18H,4,9-10,14H2,1-3,5H3/t18-,28-,39?/m0/s1. The van der Waals surface area contributed by atoms with Gasteiger partial charge in [0.25, 0.3) is 0 Å². The highest BCUT2D eigenvalue weighted by molar-refractivity contribution is 7.97. The number of halogens is 2. The van der Waals surface area contributed by atoms with Gasteiger partial charge in [-0.1, -0.05) is 19.9 Å². The van der Waals surface area contributed by atoms with Crippen LogP contribution in [0.15, 0.2) is 47.3 Å². The normalized spacial score (nSPS) is 22.7. The first-order chi connectivity index (χ1) is 18.4. The summed E-state index contributed by atoms with van der Waals surface area (Å²) in [5.74, 6) is 2.76. The number of hydrogen-bond acceptors (Lipinski definition) is 7. The molecule has 2 aliphatic carbocycles. The number of aromatic nitrogens is 5. The van der Waals surface area contributed by atoms with E-state index in [1.807, 2.05) is 0 Å². The lowest BCUT2D eigenvalue weighted by atomic mass is 9.66. The molecular weight excluding hydrogens is 522 g/mol. The zero-order valence-electron chi connectivity index (χ0n) is 22.1. The van der Waals surface area contributed by atoms with Gasteiger partial charge in [-0.05, 0) is 60.9 Å². The van der Waals surface area contributed by atoms with Crippen molar-refractivity contribution in [2.75, 3.05) is 13.3 Å². The van der Waals surface area contributed by atoms with Gasteiger partial charge >= 0.3 is 0 Å². The Morgan fingerprint density at radius 1 is 1.15 bits per heavy atom. The maximum Gasteiger partial charge on any atom is 0.246 e. The van der Waals surface area contributed by atoms with E-state index < -0.39 is 26.8 Å². The van der Waals surface area contributed by atoms with Crippen molar-refractivity contribution in [1.82, 2.24) is 29.5 Å². The molecule has 0 radical (unpaired) electrons. The Hall–Kier alpha value is -3.57. The molecule has 11 heteroatoms. The van der Waals surface area contributed by atoms with Crippen LogP contribution in [0.5, 0.6) is 0 Å². The van der Waals surface area contributed by atoms with Crippen molar-refractivity contribution in [3.8, 4) is 22.8 Å². The van der Waals surface area contributed by atoms with Gasteiger partial charge in [0.2, 0.25) is 5.89 Å². The average molecular weight is 551 g/mol. The summed E-state index contributed by atoms with van der Waals surface area (Å²) in [7, 11) is -0.664. The first kappa shape index (κ1) is 25.7. The smallest absolute Gasteiger partial charge is 0.246 e. The van der Waals surface area contributed by atoms with E-state index in [1.165, 1.54) is 24.5 Å². The first-order valence-electron chi connectivity index (χ1n) is 12.6. The lowest BCUT2D eigenvalue weighted by molar-refractivity contribution is 0.242. The third-order valence-corrected chi connectivity index (χ3v) is 9.94. The van der Waals surface area contributed by atoms with E-state index in [2.05, 4.69) is 39.9 Å². The van der Waals surface area contributed by atoms with Crippen LogP contribution >= 0.6 is 0 Å². The van der Waals surface area contributed by atoms with Gasteiger partial charge in [0, 0.05) is 22.2 Å². The van der Waals surface area contributed by atoms with Gasteiger partial charge in [0.15, 0.2) is 0 Å². The summed E-state index contributed by atoms with van der Waals surface area (Å²) in [6.07, 6.45) is 8.06. The largest absolute Gasteiger partial charge is 0.443 e. The second-order valence-corrected chi connectivity index (χ2v) is 13.6. The van der Waals surface area contributed by atoms with E-state index in [9.17, 15) is 13.0 Å². The van der Waals surface area contributed by atoms with Crippen LogP contribution in [0.3, 0.4) is 0 Å². The highest BCUT2D eigenvalue weighted by Crippen LogP contribution is 2.69. The van der Waals surface area contributed by atoms with Crippen molar-refractivity contribution in [1.29, 1.82) is 0 Å². The quantitative estimate of drug-likeness (QED) is 0.319.